The van der Waals surface area contributed by atoms with Crippen molar-refractivity contribution < 1.29 is 9.53 Å². The normalized spacial score (nSPS) is 16.1. The van der Waals surface area contributed by atoms with Crippen LogP contribution < -0.4 is 21.2 Å². The van der Waals surface area contributed by atoms with E-state index in [0.717, 1.165) is 12.8 Å². The Hall–Kier alpha value is -2.57. The van der Waals surface area contributed by atoms with E-state index < -0.39 is 11.5 Å². The fourth-order valence-electron chi connectivity index (χ4n) is 3.02. The number of aromatic amines is 1. The summed E-state index contributed by atoms with van der Waals surface area (Å²) in [6.45, 7) is 7.05. The number of carbonyl (C=O) groups excluding carboxylic acids is 1. The lowest BCUT2D eigenvalue weighted by Crippen LogP contribution is -2.30. The van der Waals surface area contributed by atoms with Crippen LogP contribution in [0.15, 0.2) is 48.1 Å². The molecular formula is C19H25BN3O3. The van der Waals surface area contributed by atoms with Crippen LogP contribution in [0.2, 0.25) is 5.82 Å². The van der Waals surface area contributed by atoms with Gasteiger partial charge < -0.3 is 10.1 Å². The predicted molar refractivity (Wildman–Crippen MR) is 104 cm³/mol. The van der Waals surface area contributed by atoms with Gasteiger partial charge in [0.05, 0.1) is 0 Å². The fraction of sp³-hybridized carbons (Fsp3) is 0.421. The van der Waals surface area contributed by atoms with Gasteiger partial charge in [0.1, 0.15) is 5.70 Å². The maximum atomic E-state index is 12.2. The number of aromatic nitrogens is 2. The van der Waals surface area contributed by atoms with E-state index in [1.54, 1.807) is 0 Å². The zero-order valence-corrected chi connectivity index (χ0v) is 15.0. The molecule has 0 saturated heterocycles. The standard InChI is InChI=1S/C19H25BN3O3/c1-3-10-15(21-4-2)19(25)26-16-13-17(22-23-18(16)24)20-14-11-8-6-5-7-9-12-14/h3-4,10,13-14,21H,1-2,5-9,11-12H2,(H,23,24)/b15-10-. The molecule has 0 unspecified atom stereocenters. The number of rotatable bonds is 7. The maximum absolute atomic E-state index is 12.2. The van der Waals surface area contributed by atoms with E-state index in [0.29, 0.717) is 11.4 Å². The lowest BCUT2D eigenvalue weighted by molar-refractivity contribution is -0.130. The number of hydrogen-bond acceptors (Lipinski definition) is 5. The van der Waals surface area contributed by atoms with E-state index in [1.165, 1.54) is 56.5 Å². The van der Waals surface area contributed by atoms with Crippen LogP contribution in [0.1, 0.15) is 44.9 Å². The van der Waals surface area contributed by atoms with Crippen LogP contribution in [0.4, 0.5) is 0 Å². The number of nitrogens with one attached hydrogen (secondary N) is 2. The lowest BCUT2D eigenvalue weighted by Gasteiger charge is -2.18. The van der Waals surface area contributed by atoms with Gasteiger partial charge in [0, 0.05) is 5.59 Å². The summed E-state index contributed by atoms with van der Waals surface area (Å²) in [5.74, 6) is -0.350. The minimum atomic E-state index is -0.696. The molecule has 0 atom stereocenters. The highest BCUT2D eigenvalue weighted by atomic mass is 16.5. The van der Waals surface area contributed by atoms with Crippen molar-refractivity contribution in [1.29, 1.82) is 0 Å². The van der Waals surface area contributed by atoms with Gasteiger partial charge >= 0.3 is 11.5 Å². The van der Waals surface area contributed by atoms with Gasteiger partial charge in [-0.1, -0.05) is 70.0 Å². The van der Waals surface area contributed by atoms with E-state index in [9.17, 15) is 9.59 Å². The summed E-state index contributed by atoms with van der Waals surface area (Å²) < 4.78 is 5.22. The summed E-state index contributed by atoms with van der Waals surface area (Å²) in [6, 6.07) is 1.51. The molecule has 7 heteroatoms. The van der Waals surface area contributed by atoms with Crippen molar-refractivity contribution in [1.82, 2.24) is 15.5 Å². The average molecular weight is 354 g/mol. The first-order valence-corrected chi connectivity index (χ1v) is 9.01. The van der Waals surface area contributed by atoms with Crippen LogP contribution in [-0.2, 0) is 4.79 Å². The number of esters is 1. The first-order valence-electron chi connectivity index (χ1n) is 9.01. The third kappa shape index (κ3) is 6.06. The molecule has 2 rings (SSSR count). The van der Waals surface area contributed by atoms with Crippen molar-refractivity contribution in [3.05, 3.63) is 53.6 Å². The minimum absolute atomic E-state index is 0.0806. The zero-order valence-electron chi connectivity index (χ0n) is 15.0. The lowest BCUT2D eigenvalue weighted by atomic mass is 9.58. The highest BCUT2D eigenvalue weighted by Gasteiger charge is 2.18. The van der Waals surface area contributed by atoms with Crippen LogP contribution in [0.3, 0.4) is 0 Å². The number of carbonyl (C=O) groups is 1. The number of hydrogen-bond donors (Lipinski definition) is 2. The first-order chi connectivity index (χ1) is 12.6. The minimum Gasteiger partial charge on any atom is -0.416 e. The third-order valence-electron chi connectivity index (χ3n) is 4.31. The Bertz CT molecular complexity index is 719. The van der Waals surface area contributed by atoms with E-state index >= 15 is 0 Å². The van der Waals surface area contributed by atoms with Crippen molar-refractivity contribution in [3.8, 4) is 5.75 Å². The second kappa shape index (κ2) is 10.4. The molecule has 1 aliphatic rings. The molecular weight excluding hydrogens is 329 g/mol. The molecule has 2 N–H and O–H groups in total. The average Bonchev–Trinajstić information content (AvgIpc) is 2.59. The van der Waals surface area contributed by atoms with Crippen molar-refractivity contribution >= 4 is 18.8 Å². The Kier molecular flexibility index (Phi) is 7.93. The second-order valence-electron chi connectivity index (χ2n) is 6.31. The third-order valence-corrected chi connectivity index (χ3v) is 4.31. The van der Waals surface area contributed by atoms with Gasteiger partial charge in [-0.05, 0) is 18.3 Å². The van der Waals surface area contributed by atoms with Crippen LogP contribution in [0.5, 0.6) is 5.75 Å². The number of H-pyrrole nitrogens is 1. The molecule has 1 heterocycles. The molecule has 1 radical (unpaired) electrons. The van der Waals surface area contributed by atoms with Gasteiger partial charge in [0.25, 0.3) is 0 Å². The van der Waals surface area contributed by atoms with Gasteiger partial charge in [0.15, 0.2) is 13.0 Å². The van der Waals surface area contributed by atoms with Crippen molar-refractivity contribution in [2.75, 3.05) is 0 Å². The quantitative estimate of drug-likeness (QED) is 0.340. The van der Waals surface area contributed by atoms with Crippen molar-refractivity contribution in [3.63, 3.8) is 0 Å². The van der Waals surface area contributed by atoms with Crippen LogP contribution >= 0.6 is 0 Å². The molecule has 1 aromatic heterocycles. The molecule has 137 valence electrons. The molecule has 0 aliphatic heterocycles. The number of ether oxygens (including phenoxy) is 1. The van der Waals surface area contributed by atoms with Gasteiger partial charge in [0.2, 0.25) is 0 Å². The monoisotopic (exact) mass is 354 g/mol. The Balaban J connectivity index is 2.09. The van der Waals surface area contributed by atoms with E-state index in [4.69, 9.17) is 4.74 Å². The van der Waals surface area contributed by atoms with Crippen LogP contribution in [0.25, 0.3) is 0 Å². The van der Waals surface area contributed by atoms with Crippen molar-refractivity contribution in [2.24, 2.45) is 0 Å². The maximum Gasteiger partial charge on any atom is 0.360 e. The molecule has 0 bridgehead atoms. The molecule has 0 amide bonds. The fourth-order valence-corrected chi connectivity index (χ4v) is 3.02. The van der Waals surface area contributed by atoms with Crippen LogP contribution in [0, 0.1) is 0 Å². The summed E-state index contributed by atoms with van der Waals surface area (Å²) in [4.78, 5) is 24.1. The second-order valence-corrected chi connectivity index (χ2v) is 6.31. The molecule has 1 aliphatic carbocycles. The van der Waals surface area contributed by atoms with Gasteiger partial charge in [-0.25, -0.2) is 9.89 Å². The molecule has 0 spiro atoms. The smallest absolute Gasteiger partial charge is 0.360 e. The molecule has 6 nitrogen and oxygen atoms in total. The molecule has 1 aromatic rings. The summed E-state index contributed by atoms with van der Waals surface area (Å²) in [5, 5.41) is 9.12. The molecule has 1 saturated carbocycles. The Labute approximate surface area is 154 Å². The molecule has 26 heavy (non-hydrogen) atoms. The topological polar surface area (TPSA) is 84.1 Å². The van der Waals surface area contributed by atoms with Gasteiger partial charge in [-0.2, -0.15) is 5.10 Å². The summed E-state index contributed by atoms with van der Waals surface area (Å²) in [6.07, 6.45) is 12.7. The summed E-state index contributed by atoms with van der Waals surface area (Å²) in [7, 11) is 2.06. The molecule has 1 fully saturated rings. The number of allylic oxidation sites excluding steroid dienone is 2. The van der Waals surface area contributed by atoms with Crippen molar-refractivity contribution in [2.45, 2.75) is 50.8 Å². The van der Waals surface area contributed by atoms with Gasteiger partial charge in [-0.3, -0.25) is 4.79 Å². The first kappa shape index (κ1) is 19.8. The van der Waals surface area contributed by atoms with E-state index in [-0.39, 0.29) is 11.4 Å². The number of nitrogens with zero attached hydrogens (tertiary/aromatic N) is 1. The highest BCUT2D eigenvalue weighted by Crippen LogP contribution is 2.25. The Morgan fingerprint density at radius 3 is 2.62 bits per heavy atom. The summed E-state index contributed by atoms with van der Waals surface area (Å²) in [5.41, 5.74) is 0.199. The SMILES string of the molecule is C=C/C=C(\NC=C)C(=O)Oc1cc([B]C2CCCCCCC2)n[nH]c1=O. The molecule has 0 aromatic carbocycles. The van der Waals surface area contributed by atoms with E-state index in [1.807, 2.05) is 0 Å². The van der Waals surface area contributed by atoms with Gasteiger partial charge in [-0.15, -0.1) is 0 Å². The largest absolute Gasteiger partial charge is 0.416 e. The highest BCUT2D eigenvalue weighted by molar-refractivity contribution is 6.53. The predicted octanol–water partition coefficient (Wildman–Crippen LogP) is 2.34. The van der Waals surface area contributed by atoms with E-state index in [2.05, 4.69) is 36.0 Å². The summed E-state index contributed by atoms with van der Waals surface area (Å²) >= 11 is 0. The van der Waals surface area contributed by atoms with Crippen LogP contribution in [-0.4, -0.2) is 23.4 Å². The Morgan fingerprint density at radius 1 is 1.27 bits per heavy atom. The Morgan fingerprint density at radius 2 is 1.96 bits per heavy atom. The zero-order chi connectivity index (χ0) is 18.8.